The van der Waals surface area contributed by atoms with Gasteiger partial charge in [-0.05, 0) is 0 Å². The molecule has 0 aliphatic heterocycles. The van der Waals surface area contributed by atoms with Crippen molar-refractivity contribution in [1.82, 2.24) is 0 Å². The van der Waals surface area contributed by atoms with Crippen LogP contribution in [0.2, 0.25) is 0 Å². The standard InChI is InChI=1S/3O.W.Zn/q3*-2;+4;+2. The smallest absolute Gasteiger partial charge is 2.00 e. The van der Waals surface area contributed by atoms with Gasteiger partial charge in [-0.3, -0.25) is 0 Å². The van der Waals surface area contributed by atoms with Crippen LogP contribution in [0.3, 0.4) is 0 Å². The summed E-state index contributed by atoms with van der Waals surface area (Å²) in [7, 11) is 0. The van der Waals surface area contributed by atoms with Crippen LogP contribution in [0.5, 0.6) is 0 Å². The molecule has 3 nitrogen and oxygen atoms in total. The van der Waals surface area contributed by atoms with E-state index in [1.165, 1.54) is 0 Å². The van der Waals surface area contributed by atoms with Crippen molar-refractivity contribution in [3.8, 4) is 0 Å². The summed E-state index contributed by atoms with van der Waals surface area (Å²) < 4.78 is 0. The molecule has 0 aliphatic carbocycles. The maximum atomic E-state index is 0. The molecule has 0 heterocycles. The Labute approximate surface area is 57.1 Å². The Hall–Kier alpha value is 1.19. The van der Waals surface area contributed by atoms with Crippen LogP contribution >= 0.6 is 0 Å². The first-order valence-corrected chi connectivity index (χ1v) is 0. The second-order valence-corrected chi connectivity index (χ2v) is 0. The number of rotatable bonds is 0. The summed E-state index contributed by atoms with van der Waals surface area (Å²) in [4.78, 5) is 0. The zero-order valence-corrected chi connectivity index (χ0v) is 8.24. The van der Waals surface area contributed by atoms with E-state index in [1.807, 2.05) is 0 Å². The third-order valence-electron chi connectivity index (χ3n) is 0. The van der Waals surface area contributed by atoms with Crippen LogP contribution in [0.1, 0.15) is 0 Å². The van der Waals surface area contributed by atoms with Crippen molar-refractivity contribution in [3.63, 3.8) is 0 Å². The average Bonchev–Trinajstić information content (AvgIpc) is 0. The van der Waals surface area contributed by atoms with E-state index >= 15 is 0 Å². The van der Waals surface area contributed by atoms with Crippen LogP contribution in [-0.2, 0) is 57.0 Å². The van der Waals surface area contributed by atoms with Gasteiger partial charge in [-0.2, -0.15) is 0 Å². The summed E-state index contributed by atoms with van der Waals surface area (Å²) in [6.07, 6.45) is 0. The van der Waals surface area contributed by atoms with E-state index in [4.69, 9.17) is 0 Å². The van der Waals surface area contributed by atoms with Crippen LogP contribution in [0.25, 0.3) is 0 Å². The van der Waals surface area contributed by atoms with Gasteiger partial charge in [-0.15, -0.1) is 0 Å². The molecule has 0 radical (unpaired) electrons. The van der Waals surface area contributed by atoms with Gasteiger partial charge >= 0.3 is 40.5 Å². The molecule has 0 saturated heterocycles. The molecule has 0 aromatic carbocycles. The maximum absolute atomic E-state index is 0. The molecule has 0 unspecified atom stereocenters. The molecular formula is O3WZn. The Morgan fingerprint density at radius 1 is 0.600 bits per heavy atom. The van der Waals surface area contributed by atoms with Crippen molar-refractivity contribution in [1.29, 1.82) is 0 Å². The maximum Gasteiger partial charge on any atom is 4.00 e. The molecule has 0 aromatic rings. The fraction of sp³-hybridized carbons (Fsp3) is 0. The predicted octanol–water partition coefficient (Wildman–Crippen LogP) is -0.361. The molecule has 0 atom stereocenters. The molecule has 0 aliphatic rings. The Balaban J connectivity index is 0. The summed E-state index contributed by atoms with van der Waals surface area (Å²) in [6.45, 7) is 0. The van der Waals surface area contributed by atoms with Gasteiger partial charge in [-0.25, -0.2) is 0 Å². The number of hydrogen-bond donors (Lipinski definition) is 0. The van der Waals surface area contributed by atoms with Gasteiger partial charge < -0.3 is 16.4 Å². The predicted molar refractivity (Wildman–Crippen MR) is 2.06 cm³/mol. The van der Waals surface area contributed by atoms with Gasteiger partial charge in [0.05, 0.1) is 0 Å². The molecule has 0 N–H and O–H groups in total. The molecule has 0 saturated carbocycles. The van der Waals surface area contributed by atoms with E-state index in [0.717, 1.165) is 0 Å². The molecule has 5 heavy (non-hydrogen) atoms. The minimum absolute atomic E-state index is 0. The summed E-state index contributed by atoms with van der Waals surface area (Å²) in [6, 6.07) is 0. The summed E-state index contributed by atoms with van der Waals surface area (Å²) >= 11 is 0. The van der Waals surface area contributed by atoms with Crippen LogP contribution in [0.4, 0.5) is 0 Å². The largest absolute Gasteiger partial charge is 4.00 e. The third kappa shape index (κ3) is 37.2. The van der Waals surface area contributed by atoms with Gasteiger partial charge in [0.15, 0.2) is 0 Å². The van der Waals surface area contributed by atoms with Crippen LogP contribution in [-0.4, -0.2) is 0 Å². The van der Waals surface area contributed by atoms with Crippen molar-refractivity contribution in [2.24, 2.45) is 0 Å². The van der Waals surface area contributed by atoms with Crippen molar-refractivity contribution < 1.29 is 57.0 Å². The SMILES string of the molecule is [O-2].[O-2].[O-2].[W+4].[Zn+2]. The Morgan fingerprint density at radius 2 is 0.600 bits per heavy atom. The second-order valence-electron chi connectivity index (χ2n) is 0. The normalized spacial score (nSPS) is 0. The average molecular weight is 297 g/mol. The zero-order chi connectivity index (χ0) is 0. The van der Waals surface area contributed by atoms with Crippen LogP contribution in [0, 0.1) is 0 Å². The molecule has 5 heteroatoms. The van der Waals surface area contributed by atoms with E-state index in [0.29, 0.717) is 0 Å². The van der Waals surface area contributed by atoms with Gasteiger partial charge in [-0.1, -0.05) is 0 Å². The molecule has 0 bridgehead atoms. The molecule has 26 valence electrons. The first-order chi connectivity index (χ1) is 0. The fourth-order valence-corrected chi connectivity index (χ4v) is 0. The molecule has 0 aromatic heterocycles. The van der Waals surface area contributed by atoms with Gasteiger partial charge in [0.25, 0.3) is 0 Å². The van der Waals surface area contributed by atoms with E-state index in [2.05, 4.69) is 0 Å². The van der Waals surface area contributed by atoms with Gasteiger partial charge in [0, 0.05) is 0 Å². The third-order valence-corrected chi connectivity index (χ3v) is 0. The van der Waals surface area contributed by atoms with Crippen molar-refractivity contribution in [2.45, 2.75) is 0 Å². The monoisotopic (exact) mass is 296 g/mol. The van der Waals surface area contributed by atoms with E-state index in [1.54, 1.807) is 0 Å². The topological polar surface area (TPSA) is 85.5 Å². The summed E-state index contributed by atoms with van der Waals surface area (Å²) in [5.41, 5.74) is 0. The van der Waals surface area contributed by atoms with Gasteiger partial charge in [0.2, 0.25) is 0 Å². The minimum Gasteiger partial charge on any atom is -2.00 e. The molecule has 0 spiro atoms. The van der Waals surface area contributed by atoms with E-state index in [9.17, 15) is 0 Å². The first-order valence-electron chi connectivity index (χ1n) is 0. The van der Waals surface area contributed by atoms with Crippen LogP contribution in [0.15, 0.2) is 0 Å². The quantitative estimate of drug-likeness (QED) is 0.547. The Morgan fingerprint density at radius 3 is 0.600 bits per heavy atom. The van der Waals surface area contributed by atoms with Crippen molar-refractivity contribution in [2.75, 3.05) is 0 Å². The summed E-state index contributed by atoms with van der Waals surface area (Å²) in [5.74, 6) is 0. The molecule has 0 fully saturated rings. The zero-order valence-electron chi connectivity index (χ0n) is 2.34. The van der Waals surface area contributed by atoms with Gasteiger partial charge in [0.1, 0.15) is 0 Å². The molecular weight excluding hydrogens is 297 g/mol. The van der Waals surface area contributed by atoms with E-state index < -0.39 is 0 Å². The molecule has 0 amide bonds. The summed E-state index contributed by atoms with van der Waals surface area (Å²) in [5, 5.41) is 0. The first kappa shape index (κ1) is 118. The Bertz CT molecular complexity index is 6.85. The Kier molecular flexibility index (Phi) is 1510. The van der Waals surface area contributed by atoms with Crippen LogP contribution < -0.4 is 0 Å². The number of hydrogen-bond acceptors (Lipinski definition) is 0. The second kappa shape index (κ2) is 64.2. The minimum atomic E-state index is 0. The fourth-order valence-electron chi connectivity index (χ4n) is 0. The molecule has 0 rings (SSSR count). The van der Waals surface area contributed by atoms with E-state index in [-0.39, 0.29) is 57.0 Å². The van der Waals surface area contributed by atoms with Crippen molar-refractivity contribution in [3.05, 3.63) is 0 Å². The van der Waals surface area contributed by atoms with Crippen molar-refractivity contribution >= 4 is 0 Å².